The van der Waals surface area contributed by atoms with E-state index in [0.717, 1.165) is 16.3 Å². The van der Waals surface area contributed by atoms with Crippen molar-refractivity contribution in [1.29, 1.82) is 0 Å². The Kier molecular flexibility index (Phi) is 4.61. The molecule has 0 atom stereocenters. The van der Waals surface area contributed by atoms with Crippen molar-refractivity contribution in [2.45, 2.75) is 38.1 Å². The molecule has 4 fully saturated rings. The van der Waals surface area contributed by atoms with Crippen LogP contribution in [0.5, 0.6) is 0 Å². The minimum Gasteiger partial charge on any atom is -0.359 e. The lowest BCUT2D eigenvalue weighted by atomic mass is 9.54. The van der Waals surface area contributed by atoms with E-state index >= 15 is 0 Å². The smallest absolute Gasteiger partial charge is 0.258 e. The molecule has 1 amide bonds. The number of carbonyl (C=O) groups is 1. The highest BCUT2D eigenvalue weighted by Crippen LogP contribution is 2.53. The molecule has 0 radical (unpaired) electrons. The zero-order valence-electron chi connectivity index (χ0n) is 13.2. The van der Waals surface area contributed by atoms with Gasteiger partial charge in [-0.15, -0.1) is 0 Å². The van der Waals surface area contributed by atoms with Gasteiger partial charge in [0.15, 0.2) is 5.11 Å². The summed E-state index contributed by atoms with van der Waals surface area (Å²) < 4.78 is 0.817. The fourth-order valence-electron chi connectivity index (χ4n) is 5.19. The lowest BCUT2D eigenvalue weighted by Gasteiger charge is -2.54. The predicted molar refractivity (Wildman–Crippen MR) is 103 cm³/mol. The van der Waals surface area contributed by atoms with Crippen molar-refractivity contribution in [2.24, 2.45) is 23.7 Å². The van der Waals surface area contributed by atoms with E-state index in [2.05, 4.69) is 26.6 Å². The molecule has 1 aromatic carbocycles. The Morgan fingerprint density at radius 1 is 1.12 bits per heavy atom. The number of benzene rings is 1. The van der Waals surface area contributed by atoms with Crippen LogP contribution >= 0.6 is 39.7 Å². The number of thiocarbonyl (C=S) groups is 1. The van der Waals surface area contributed by atoms with Gasteiger partial charge in [-0.2, -0.15) is 0 Å². The van der Waals surface area contributed by atoms with Gasteiger partial charge in [-0.05, 0) is 86.2 Å². The lowest BCUT2D eigenvalue weighted by Crippen LogP contribution is -2.57. The van der Waals surface area contributed by atoms with Gasteiger partial charge in [-0.3, -0.25) is 10.1 Å². The minimum absolute atomic E-state index is 0.261. The predicted octanol–water partition coefficient (Wildman–Crippen LogP) is 4.53. The summed E-state index contributed by atoms with van der Waals surface area (Å²) in [5.74, 6) is 3.02. The highest BCUT2D eigenvalue weighted by molar-refractivity contribution is 9.10. The van der Waals surface area contributed by atoms with Crippen molar-refractivity contribution < 1.29 is 4.79 Å². The number of carbonyl (C=O) groups excluding carboxylic acids is 1. The molecule has 5 rings (SSSR count). The first-order chi connectivity index (χ1) is 11.5. The summed E-state index contributed by atoms with van der Waals surface area (Å²) in [6.45, 7) is 0. The number of hydrogen-bond donors (Lipinski definition) is 2. The standard InChI is InChI=1S/C18H20BrClN2OS/c19-13-1-2-15(20)14(8-13)17(23)22-18(24)21-16-11-4-9-3-10(6-11)7-12(16)5-9/h1-2,8-12,16H,3-7H2,(H2,21,22,23,24). The Balaban J connectivity index is 1.40. The molecule has 2 N–H and O–H groups in total. The second-order valence-electron chi connectivity index (χ2n) is 7.51. The third-order valence-corrected chi connectivity index (χ3v) is 6.97. The van der Waals surface area contributed by atoms with Crippen LogP contribution in [0.15, 0.2) is 22.7 Å². The summed E-state index contributed by atoms with van der Waals surface area (Å²) >= 11 is 14.9. The lowest BCUT2D eigenvalue weighted by molar-refractivity contribution is -0.00692. The third kappa shape index (κ3) is 3.23. The summed E-state index contributed by atoms with van der Waals surface area (Å²) in [4.78, 5) is 12.4. The van der Waals surface area contributed by atoms with Crippen LogP contribution in [0.4, 0.5) is 0 Å². The van der Waals surface area contributed by atoms with Crippen LogP contribution in [0.2, 0.25) is 5.02 Å². The van der Waals surface area contributed by atoms with E-state index in [1.807, 2.05) is 6.07 Å². The van der Waals surface area contributed by atoms with Crippen molar-refractivity contribution in [3.05, 3.63) is 33.3 Å². The fourth-order valence-corrected chi connectivity index (χ4v) is 5.98. The number of rotatable bonds is 2. The van der Waals surface area contributed by atoms with Crippen LogP contribution in [-0.2, 0) is 0 Å². The Hall–Kier alpha value is -0.650. The number of amides is 1. The number of hydrogen-bond acceptors (Lipinski definition) is 2. The van der Waals surface area contributed by atoms with Crippen LogP contribution in [-0.4, -0.2) is 17.1 Å². The quantitative estimate of drug-likeness (QED) is 0.681. The van der Waals surface area contributed by atoms with Gasteiger partial charge >= 0.3 is 0 Å². The summed E-state index contributed by atoms with van der Waals surface area (Å²) in [6.07, 6.45) is 6.71. The fraction of sp³-hybridized carbons (Fsp3) is 0.556. The molecule has 3 nitrogen and oxygen atoms in total. The van der Waals surface area contributed by atoms with Crippen molar-refractivity contribution in [3.8, 4) is 0 Å². The molecular formula is C18H20BrClN2OS. The Morgan fingerprint density at radius 3 is 2.38 bits per heavy atom. The molecule has 4 aliphatic carbocycles. The van der Waals surface area contributed by atoms with E-state index in [4.69, 9.17) is 23.8 Å². The van der Waals surface area contributed by atoms with E-state index in [1.165, 1.54) is 32.1 Å². The van der Waals surface area contributed by atoms with E-state index < -0.39 is 0 Å². The minimum atomic E-state index is -0.261. The summed E-state index contributed by atoms with van der Waals surface area (Å²) in [6, 6.07) is 5.64. The number of halogens is 2. The molecule has 0 saturated heterocycles. The molecule has 0 aromatic heterocycles. The van der Waals surface area contributed by atoms with Crippen LogP contribution in [0.25, 0.3) is 0 Å². The molecule has 1 aromatic rings. The molecule has 4 bridgehead atoms. The maximum atomic E-state index is 12.4. The first-order valence-electron chi connectivity index (χ1n) is 8.56. The molecule has 4 saturated carbocycles. The molecule has 0 aliphatic heterocycles. The molecule has 0 heterocycles. The Morgan fingerprint density at radius 2 is 1.75 bits per heavy atom. The maximum Gasteiger partial charge on any atom is 0.258 e. The van der Waals surface area contributed by atoms with Gasteiger partial charge in [0.25, 0.3) is 5.91 Å². The van der Waals surface area contributed by atoms with Gasteiger partial charge in [-0.25, -0.2) is 0 Å². The van der Waals surface area contributed by atoms with Crippen LogP contribution in [0, 0.1) is 23.7 Å². The number of nitrogens with one attached hydrogen (secondary N) is 2. The van der Waals surface area contributed by atoms with Gasteiger partial charge in [0.1, 0.15) is 0 Å². The first kappa shape index (κ1) is 16.8. The zero-order chi connectivity index (χ0) is 16.8. The largest absolute Gasteiger partial charge is 0.359 e. The first-order valence-corrected chi connectivity index (χ1v) is 10.1. The second kappa shape index (κ2) is 6.58. The van der Waals surface area contributed by atoms with E-state index in [-0.39, 0.29) is 5.91 Å². The van der Waals surface area contributed by atoms with Crippen molar-refractivity contribution >= 4 is 50.8 Å². The van der Waals surface area contributed by atoms with Gasteiger partial charge in [-0.1, -0.05) is 27.5 Å². The second-order valence-corrected chi connectivity index (χ2v) is 9.24. The van der Waals surface area contributed by atoms with E-state index in [1.54, 1.807) is 12.1 Å². The Labute approximate surface area is 161 Å². The third-order valence-electron chi connectivity index (χ3n) is 5.92. The van der Waals surface area contributed by atoms with Crippen LogP contribution in [0.3, 0.4) is 0 Å². The van der Waals surface area contributed by atoms with Crippen molar-refractivity contribution in [3.63, 3.8) is 0 Å². The molecule has 24 heavy (non-hydrogen) atoms. The molecule has 0 spiro atoms. The van der Waals surface area contributed by atoms with Crippen molar-refractivity contribution in [1.82, 2.24) is 10.6 Å². The summed E-state index contributed by atoms with van der Waals surface area (Å²) in [7, 11) is 0. The molecule has 0 unspecified atom stereocenters. The summed E-state index contributed by atoms with van der Waals surface area (Å²) in [5.41, 5.74) is 0.431. The highest BCUT2D eigenvalue weighted by atomic mass is 79.9. The SMILES string of the molecule is O=C(NC(=S)NC1C2CC3CC(C2)CC1C3)c1cc(Br)ccc1Cl. The molecule has 4 aliphatic rings. The van der Waals surface area contributed by atoms with Gasteiger partial charge in [0.2, 0.25) is 0 Å². The van der Waals surface area contributed by atoms with E-state index in [9.17, 15) is 4.79 Å². The Bertz CT molecular complexity index is 668. The van der Waals surface area contributed by atoms with Gasteiger partial charge < -0.3 is 5.32 Å². The van der Waals surface area contributed by atoms with Crippen LogP contribution < -0.4 is 10.6 Å². The molecule has 6 heteroatoms. The molecular weight excluding hydrogens is 408 g/mol. The highest BCUT2D eigenvalue weighted by Gasteiger charge is 2.48. The van der Waals surface area contributed by atoms with Gasteiger partial charge in [0, 0.05) is 10.5 Å². The average Bonchev–Trinajstić information content (AvgIpc) is 2.52. The zero-order valence-corrected chi connectivity index (χ0v) is 16.4. The van der Waals surface area contributed by atoms with Crippen LogP contribution in [0.1, 0.15) is 42.5 Å². The average molecular weight is 428 g/mol. The monoisotopic (exact) mass is 426 g/mol. The van der Waals surface area contributed by atoms with E-state index in [0.29, 0.717) is 33.6 Å². The topological polar surface area (TPSA) is 41.1 Å². The van der Waals surface area contributed by atoms with Crippen molar-refractivity contribution in [2.75, 3.05) is 0 Å². The maximum absolute atomic E-state index is 12.4. The normalized spacial score (nSPS) is 33.3. The van der Waals surface area contributed by atoms with Gasteiger partial charge in [0.05, 0.1) is 10.6 Å². The summed E-state index contributed by atoms with van der Waals surface area (Å²) in [5, 5.41) is 7.09. The molecule has 128 valence electrons.